The molecule has 0 aromatic heterocycles. The zero-order valence-corrected chi connectivity index (χ0v) is 14.5. The van der Waals surface area contributed by atoms with Crippen LogP contribution in [0, 0.1) is 21.4 Å². The minimum absolute atomic E-state index is 0.00421. The molecular weight excluding hydrogens is 354 g/mol. The summed E-state index contributed by atoms with van der Waals surface area (Å²) in [5, 5.41) is 22.6. The molecule has 0 fully saturated rings. The first-order chi connectivity index (χ1) is 12.9. The minimum Gasteiger partial charge on any atom is -0.490 e. The molecule has 138 valence electrons. The highest BCUT2D eigenvalue weighted by Crippen LogP contribution is 2.28. The number of rotatable bonds is 6. The third-order valence-corrected chi connectivity index (χ3v) is 3.57. The molecule has 0 unspecified atom stereocenters. The topological polar surface area (TPSA) is 132 Å². The van der Waals surface area contributed by atoms with E-state index in [4.69, 9.17) is 14.7 Å². The molecule has 2 rings (SSSR count). The Kier molecular flexibility index (Phi) is 6.06. The molecule has 1 atom stereocenters. The van der Waals surface area contributed by atoms with Crippen molar-refractivity contribution in [3.63, 3.8) is 0 Å². The van der Waals surface area contributed by atoms with Gasteiger partial charge in [-0.1, -0.05) is 12.1 Å². The molecule has 0 spiro atoms. The predicted molar refractivity (Wildman–Crippen MR) is 94.3 cm³/mol. The molecule has 9 heteroatoms. The summed E-state index contributed by atoms with van der Waals surface area (Å²) in [6, 6.07) is 11.9. The van der Waals surface area contributed by atoms with E-state index in [2.05, 4.69) is 5.32 Å². The van der Waals surface area contributed by atoms with E-state index in [0.717, 1.165) is 6.07 Å². The number of methoxy groups -OCH3 is 1. The average Bonchev–Trinajstić information content (AvgIpc) is 2.67. The first kappa shape index (κ1) is 19.4. The maximum atomic E-state index is 12.2. The monoisotopic (exact) mass is 369 g/mol. The number of hydrogen-bond acceptors (Lipinski definition) is 7. The smallest absolute Gasteiger partial charge is 0.339 e. The molecule has 27 heavy (non-hydrogen) atoms. The third kappa shape index (κ3) is 4.58. The number of ether oxygens (including phenoxy) is 2. The van der Waals surface area contributed by atoms with Crippen molar-refractivity contribution in [2.75, 3.05) is 12.4 Å². The second-order valence-electron chi connectivity index (χ2n) is 5.34. The molecule has 0 saturated heterocycles. The maximum Gasteiger partial charge on any atom is 0.339 e. The van der Waals surface area contributed by atoms with Crippen LogP contribution < -0.4 is 10.1 Å². The van der Waals surface area contributed by atoms with Gasteiger partial charge in [0, 0.05) is 6.07 Å². The SMILES string of the molecule is COc1ccc(C(=O)O[C@H](C)C(=O)Nc2ccccc2C#N)cc1[N+](=O)[O-]. The van der Waals surface area contributed by atoms with Crippen LogP contribution in [-0.2, 0) is 9.53 Å². The standard InChI is InChI=1S/C18H15N3O6/c1-11(17(22)20-14-6-4-3-5-13(14)10-19)27-18(23)12-7-8-16(26-2)15(9-12)21(24)25/h3-9,11H,1-2H3,(H,20,22)/t11-/m1/s1. The Balaban J connectivity index is 2.11. The number of nitriles is 1. The Morgan fingerprint density at radius 1 is 1.26 bits per heavy atom. The van der Waals surface area contributed by atoms with Gasteiger partial charge in [0.2, 0.25) is 0 Å². The molecule has 0 aliphatic heterocycles. The number of esters is 1. The molecule has 0 saturated carbocycles. The number of nitro benzene ring substituents is 1. The number of nitrogens with zero attached hydrogens (tertiary/aromatic N) is 2. The van der Waals surface area contributed by atoms with Crippen LogP contribution in [0.5, 0.6) is 5.75 Å². The molecule has 1 amide bonds. The highest BCUT2D eigenvalue weighted by atomic mass is 16.6. The summed E-state index contributed by atoms with van der Waals surface area (Å²) in [6.07, 6.45) is -1.19. The molecule has 0 radical (unpaired) electrons. The van der Waals surface area contributed by atoms with Crippen molar-refractivity contribution in [3.8, 4) is 11.8 Å². The van der Waals surface area contributed by atoms with E-state index in [9.17, 15) is 19.7 Å². The largest absolute Gasteiger partial charge is 0.490 e. The second kappa shape index (κ2) is 8.44. The van der Waals surface area contributed by atoms with Gasteiger partial charge in [0.05, 0.1) is 28.8 Å². The Morgan fingerprint density at radius 3 is 2.59 bits per heavy atom. The van der Waals surface area contributed by atoms with Gasteiger partial charge >= 0.3 is 11.7 Å². The van der Waals surface area contributed by atoms with E-state index in [1.165, 1.54) is 38.3 Å². The Hall–Kier alpha value is -3.93. The van der Waals surface area contributed by atoms with Crippen molar-refractivity contribution in [2.45, 2.75) is 13.0 Å². The number of carbonyl (C=O) groups excluding carboxylic acids is 2. The molecule has 2 aromatic rings. The second-order valence-corrected chi connectivity index (χ2v) is 5.34. The van der Waals surface area contributed by atoms with Crippen LogP contribution in [0.2, 0.25) is 0 Å². The molecule has 0 bridgehead atoms. The highest BCUT2D eigenvalue weighted by molar-refractivity contribution is 5.98. The number of hydrogen-bond donors (Lipinski definition) is 1. The summed E-state index contributed by atoms with van der Waals surface area (Å²) >= 11 is 0. The minimum atomic E-state index is -1.19. The average molecular weight is 369 g/mol. The van der Waals surface area contributed by atoms with Crippen LogP contribution in [0.15, 0.2) is 42.5 Å². The summed E-state index contributed by atoms with van der Waals surface area (Å²) in [5.41, 5.74) is 0.0507. The van der Waals surface area contributed by atoms with Crippen LogP contribution in [0.1, 0.15) is 22.8 Å². The zero-order chi connectivity index (χ0) is 20.0. The van der Waals surface area contributed by atoms with E-state index in [1.807, 2.05) is 6.07 Å². The molecule has 9 nitrogen and oxygen atoms in total. The van der Waals surface area contributed by atoms with E-state index in [0.29, 0.717) is 0 Å². The van der Waals surface area contributed by atoms with E-state index >= 15 is 0 Å². The number of nitrogens with one attached hydrogen (secondary N) is 1. The molecule has 2 aromatic carbocycles. The lowest BCUT2D eigenvalue weighted by Gasteiger charge is -2.14. The van der Waals surface area contributed by atoms with Gasteiger partial charge in [0.15, 0.2) is 11.9 Å². The predicted octanol–water partition coefficient (Wildman–Crippen LogP) is 2.66. The van der Waals surface area contributed by atoms with Gasteiger partial charge in [0.1, 0.15) is 6.07 Å². The summed E-state index contributed by atoms with van der Waals surface area (Å²) in [6.45, 7) is 1.35. The summed E-state index contributed by atoms with van der Waals surface area (Å²) in [7, 11) is 1.27. The zero-order valence-electron chi connectivity index (χ0n) is 14.5. The Morgan fingerprint density at radius 2 is 1.96 bits per heavy atom. The van der Waals surface area contributed by atoms with E-state index < -0.39 is 28.6 Å². The van der Waals surface area contributed by atoms with Gasteiger partial charge < -0.3 is 14.8 Å². The van der Waals surface area contributed by atoms with Gasteiger partial charge in [-0.25, -0.2) is 4.79 Å². The molecule has 1 N–H and O–H groups in total. The summed E-state index contributed by atoms with van der Waals surface area (Å²) in [4.78, 5) is 34.7. The maximum absolute atomic E-state index is 12.2. The van der Waals surface area contributed by atoms with Crippen molar-refractivity contribution < 1.29 is 24.0 Å². The Labute approximate surface area is 154 Å². The van der Waals surface area contributed by atoms with Crippen molar-refractivity contribution >= 4 is 23.3 Å². The first-order valence-electron chi connectivity index (χ1n) is 7.70. The number of anilines is 1. The quantitative estimate of drug-likeness (QED) is 0.470. The van der Waals surface area contributed by atoms with Crippen LogP contribution in [0.3, 0.4) is 0 Å². The van der Waals surface area contributed by atoms with Gasteiger partial charge in [-0.2, -0.15) is 5.26 Å². The van der Waals surface area contributed by atoms with Crippen molar-refractivity contribution in [1.29, 1.82) is 5.26 Å². The van der Waals surface area contributed by atoms with Crippen molar-refractivity contribution in [2.24, 2.45) is 0 Å². The van der Waals surface area contributed by atoms with Crippen molar-refractivity contribution in [3.05, 3.63) is 63.7 Å². The molecule has 0 aliphatic rings. The van der Waals surface area contributed by atoms with Crippen LogP contribution in [-0.4, -0.2) is 30.0 Å². The molecule has 0 aliphatic carbocycles. The fourth-order valence-electron chi connectivity index (χ4n) is 2.17. The lowest BCUT2D eigenvalue weighted by molar-refractivity contribution is -0.385. The highest BCUT2D eigenvalue weighted by Gasteiger charge is 2.23. The van der Waals surface area contributed by atoms with Gasteiger partial charge in [-0.15, -0.1) is 0 Å². The number of carbonyl (C=O) groups is 2. The van der Waals surface area contributed by atoms with Crippen LogP contribution in [0.4, 0.5) is 11.4 Å². The van der Waals surface area contributed by atoms with E-state index in [1.54, 1.807) is 12.1 Å². The fourth-order valence-corrected chi connectivity index (χ4v) is 2.17. The number of para-hydroxylation sites is 1. The number of nitro groups is 1. The number of benzene rings is 2. The van der Waals surface area contributed by atoms with Crippen LogP contribution in [0.25, 0.3) is 0 Å². The fraction of sp³-hybridized carbons (Fsp3) is 0.167. The van der Waals surface area contributed by atoms with Gasteiger partial charge in [-0.3, -0.25) is 14.9 Å². The summed E-state index contributed by atoms with van der Waals surface area (Å²) < 4.78 is 9.92. The van der Waals surface area contributed by atoms with Crippen LogP contribution >= 0.6 is 0 Å². The third-order valence-electron chi connectivity index (χ3n) is 3.57. The van der Waals surface area contributed by atoms with Crippen molar-refractivity contribution in [1.82, 2.24) is 0 Å². The normalized spacial score (nSPS) is 11.0. The van der Waals surface area contributed by atoms with E-state index in [-0.39, 0.29) is 22.6 Å². The van der Waals surface area contributed by atoms with Gasteiger partial charge in [0.25, 0.3) is 5.91 Å². The molecule has 0 heterocycles. The lowest BCUT2D eigenvalue weighted by Crippen LogP contribution is -2.30. The van der Waals surface area contributed by atoms with Gasteiger partial charge in [-0.05, 0) is 31.2 Å². The first-order valence-corrected chi connectivity index (χ1v) is 7.70. The molecular formula is C18H15N3O6. The number of amides is 1. The summed E-state index contributed by atoms with van der Waals surface area (Å²) in [5.74, 6) is -1.55. The Bertz CT molecular complexity index is 935. The lowest BCUT2D eigenvalue weighted by atomic mass is 10.2.